The molecule has 0 spiro atoms. The van der Waals surface area contributed by atoms with Gasteiger partial charge in [-0.25, -0.2) is 0 Å². The number of benzene rings is 2. The summed E-state index contributed by atoms with van der Waals surface area (Å²) in [5, 5.41) is 5.53. The second-order valence-corrected chi connectivity index (χ2v) is 10.5. The van der Waals surface area contributed by atoms with E-state index in [1.54, 1.807) is 0 Å². The molecule has 0 radical (unpaired) electrons. The number of nitrogens with zero attached hydrogens (tertiary/aromatic N) is 4. The summed E-state index contributed by atoms with van der Waals surface area (Å²) in [6.45, 7) is 5.53. The minimum Gasteiger partial charge on any atom is -0.485 e. The second kappa shape index (κ2) is 13.1. The number of fused-ring (bicyclic) bond motifs is 3. The number of carbonyl (C=O) groups excluding carboxylic acids is 2. The van der Waals surface area contributed by atoms with Gasteiger partial charge in [-0.2, -0.15) is 5.10 Å². The van der Waals surface area contributed by atoms with Gasteiger partial charge in [0.25, 0.3) is 5.91 Å². The second-order valence-electron chi connectivity index (χ2n) is 10.5. The average Bonchev–Trinajstić information content (AvgIpc) is 3.56. The third kappa shape index (κ3) is 6.61. The third-order valence-electron chi connectivity index (χ3n) is 7.88. The van der Waals surface area contributed by atoms with E-state index in [1.165, 1.54) is 12.8 Å². The predicted octanol–water partition coefficient (Wildman–Crippen LogP) is 4.92. The molecule has 0 unspecified atom stereocenters. The van der Waals surface area contributed by atoms with E-state index in [4.69, 9.17) is 9.47 Å². The maximum atomic E-state index is 13.5. The van der Waals surface area contributed by atoms with Crippen LogP contribution in [0.3, 0.4) is 0 Å². The fourth-order valence-corrected chi connectivity index (χ4v) is 5.61. The summed E-state index contributed by atoms with van der Waals surface area (Å²) < 4.78 is 14.7. The van der Waals surface area contributed by atoms with E-state index >= 15 is 0 Å². The average molecular weight is 533 g/mol. The van der Waals surface area contributed by atoms with Crippen molar-refractivity contribution in [3.8, 4) is 5.75 Å². The van der Waals surface area contributed by atoms with Crippen LogP contribution in [0.5, 0.6) is 5.75 Å². The van der Waals surface area contributed by atoms with Gasteiger partial charge < -0.3 is 19.3 Å². The Morgan fingerprint density at radius 2 is 1.69 bits per heavy atom. The Labute approximate surface area is 230 Å². The van der Waals surface area contributed by atoms with Crippen molar-refractivity contribution in [3.63, 3.8) is 0 Å². The molecule has 2 aliphatic heterocycles. The number of amides is 2. The van der Waals surface area contributed by atoms with Crippen LogP contribution in [0.1, 0.15) is 62.2 Å². The van der Waals surface area contributed by atoms with Crippen LogP contribution >= 0.6 is 0 Å². The van der Waals surface area contributed by atoms with Gasteiger partial charge in [-0.15, -0.1) is 0 Å². The molecule has 1 saturated heterocycles. The number of hydrogen-bond acceptors (Lipinski definition) is 5. The van der Waals surface area contributed by atoms with Crippen LogP contribution in [0.2, 0.25) is 0 Å². The van der Waals surface area contributed by atoms with Crippen LogP contribution in [-0.4, -0.2) is 76.4 Å². The number of aryl methyl sites for hydroxylation is 1. The molecule has 2 amide bonds. The third-order valence-corrected chi connectivity index (χ3v) is 7.88. The zero-order valence-corrected chi connectivity index (χ0v) is 23.0. The summed E-state index contributed by atoms with van der Waals surface area (Å²) in [5.74, 6) is 0.612. The smallest absolute Gasteiger partial charge is 0.257 e. The van der Waals surface area contributed by atoms with E-state index in [0.29, 0.717) is 50.5 Å². The Kier molecular flexibility index (Phi) is 9.14. The number of aromatic nitrogens is 2. The molecule has 2 aromatic carbocycles. The molecule has 5 rings (SSSR count). The number of likely N-dealkylation sites (tertiary alicyclic amines) is 1. The van der Waals surface area contributed by atoms with Crippen molar-refractivity contribution >= 4 is 22.7 Å². The molecule has 0 aliphatic carbocycles. The van der Waals surface area contributed by atoms with Crippen LogP contribution < -0.4 is 4.74 Å². The van der Waals surface area contributed by atoms with Gasteiger partial charge in [-0.05, 0) is 38.0 Å². The number of para-hydroxylation sites is 2. The molecular weight excluding hydrogens is 492 g/mol. The first kappa shape index (κ1) is 27.2. The Balaban J connectivity index is 1.30. The molecule has 3 aromatic rings. The lowest BCUT2D eigenvalue weighted by atomic mass is 10.1. The first-order valence-electron chi connectivity index (χ1n) is 14.5. The lowest BCUT2D eigenvalue weighted by Gasteiger charge is -2.25. The molecule has 8 nitrogen and oxygen atoms in total. The highest BCUT2D eigenvalue weighted by atomic mass is 16.5. The van der Waals surface area contributed by atoms with Gasteiger partial charge in [0.1, 0.15) is 18.0 Å². The lowest BCUT2D eigenvalue weighted by Crippen LogP contribution is -2.35. The quantitative estimate of drug-likeness (QED) is 0.477. The number of ether oxygens (including phenoxy) is 2. The topological polar surface area (TPSA) is 76.9 Å². The molecule has 2 aliphatic rings. The number of hydrogen-bond donors (Lipinski definition) is 0. The Hall–Kier alpha value is -3.39. The normalized spacial score (nSPS) is 21.4. The van der Waals surface area contributed by atoms with Gasteiger partial charge >= 0.3 is 0 Å². The van der Waals surface area contributed by atoms with Gasteiger partial charge in [-0.1, -0.05) is 56.0 Å². The first-order chi connectivity index (χ1) is 19.1. The monoisotopic (exact) mass is 532 g/mol. The highest BCUT2D eigenvalue weighted by molar-refractivity contribution is 5.97. The van der Waals surface area contributed by atoms with Gasteiger partial charge in [0, 0.05) is 31.5 Å². The summed E-state index contributed by atoms with van der Waals surface area (Å²) >= 11 is 0. The molecule has 0 N–H and O–H groups in total. The zero-order valence-electron chi connectivity index (χ0n) is 23.0. The maximum Gasteiger partial charge on any atom is 0.257 e. The summed E-state index contributed by atoms with van der Waals surface area (Å²) in [5.41, 5.74) is 1.60. The van der Waals surface area contributed by atoms with Crippen LogP contribution in [0.15, 0.2) is 54.7 Å². The Bertz CT molecular complexity index is 1260. The zero-order chi connectivity index (χ0) is 27.0. The molecule has 8 heteroatoms. The summed E-state index contributed by atoms with van der Waals surface area (Å²) in [4.78, 5) is 30.5. The van der Waals surface area contributed by atoms with Crippen LogP contribution in [0, 0.1) is 0 Å². The summed E-state index contributed by atoms with van der Waals surface area (Å²) in [7, 11) is 0. The van der Waals surface area contributed by atoms with E-state index in [2.05, 4.69) is 5.10 Å². The van der Waals surface area contributed by atoms with Gasteiger partial charge in [0.05, 0.1) is 36.9 Å². The molecular formula is C31H40N4O4. The number of carbonyl (C=O) groups is 2. The van der Waals surface area contributed by atoms with E-state index in [9.17, 15) is 9.59 Å². The molecule has 1 aromatic heterocycles. The minimum atomic E-state index is -0.337. The first-order valence-corrected chi connectivity index (χ1v) is 14.5. The van der Waals surface area contributed by atoms with Crippen LogP contribution in [-0.2, 0) is 16.1 Å². The molecule has 208 valence electrons. The Morgan fingerprint density at radius 3 is 2.56 bits per heavy atom. The van der Waals surface area contributed by atoms with E-state index in [0.717, 1.165) is 43.1 Å². The Morgan fingerprint density at radius 1 is 0.949 bits per heavy atom. The molecule has 2 atom stereocenters. The van der Waals surface area contributed by atoms with E-state index in [1.807, 2.05) is 76.1 Å². The van der Waals surface area contributed by atoms with Crippen LogP contribution in [0.25, 0.3) is 10.9 Å². The van der Waals surface area contributed by atoms with Crippen molar-refractivity contribution in [1.29, 1.82) is 0 Å². The van der Waals surface area contributed by atoms with E-state index in [-0.39, 0.29) is 24.0 Å². The SMILES string of the molecule is CCN1CCCCCCCCO[C@@H]2CN(C(=O)CCn3ncc4ccccc43)C[C@H]2Oc2ccccc2C1=O. The highest BCUT2D eigenvalue weighted by Gasteiger charge is 2.38. The van der Waals surface area contributed by atoms with Crippen molar-refractivity contribution in [2.45, 2.75) is 70.6 Å². The van der Waals surface area contributed by atoms with Crippen LogP contribution in [0.4, 0.5) is 0 Å². The summed E-state index contributed by atoms with van der Waals surface area (Å²) in [6.07, 6.45) is 8.21. The van der Waals surface area contributed by atoms with Gasteiger partial charge in [0.15, 0.2) is 0 Å². The standard InChI is InChI=1S/C31H40N4O4/c1-2-33-18-11-5-3-4-6-12-20-38-28-22-34(23-29(28)39-27-16-10-8-14-25(27)31(33)37)30(36)17-19-35-26-15-9-7-13-24(26)21-32-35/h7-10,13-16,21,28-29H,2-6,11-12,17-20,22-23H2,1H3/t28-,29-/m1/s1. The van der Waals surface area contributed by atoms with Crippen molar-refractivity contribution in [2.75, 3.05) is 32.8 Å². The molecule has 0 bridgehead atoms. The fourth-order valence-electron chi connectivity index (χ4n) is 5.61. The fraction of sp³-hybridized carbons (Fsp3) is 0.516. The minimum absolute atomic E-state index is 0.00459. The largest absolute Gasteiger partial charge is 0.485 e. The van der Waals surface area contributed by atoms with Gasteiger partial charge in [-0.3, -0.25) is 14.3 Å². The maximum absolute atomic E-state index is 13.5. The number of rotatable bonds is 4. The van der Waals surface area contributed by atoms with Crippen molar-refractivity contribution in [2.24, 2.45) is 0 Å². The van der Waals surface area contributed by atoms with E-state index < -0.39 is 0 Å². The molecule has 39 heavy (non-hydrogen) atoms. The molecule has 0 saturated carbocycles. The molecule has 1 fully saturated rings. The highest BCUT2D eigenvalue weighted by Crippen LogP contribution is 2.27. The predicted molar refractivity (Wildman–Crippen MR) is 151 cm³/mol. The molecule has 3 heterocycles. The van der Waals surface area contributed by atoms with Crippen molar-refractivity contribution < 1.29 is 19.1 Å². The van der Waals surface area contributed by atoms with Crippen molar-refractivity contribution in [1.82, 2.24) is 19.6 Å². The summed E-state index contributed by atoms with van der Waals surface area (Å²) in [6, 6.07) is 15.5. The van der Waals surface area contributed by atoms with Crippen molar-refractivity contribution in [3.05, 3.63) is 60.3 Å². The lowest BCUT2D eigenvalue weighted by molar-refractivity contribution is -0.131. The van der Waals surface area contributed by atoms with Gasteiger partial charge in [0.2, 0.25) is 5.91 Å².